The number of benzene rings is 2. The van der Waals surface area contributed by atoms with Gasteiger partial charge in [-0.1, -0.05) is 42.5 Å². The van der Waals surface area contributed by atoms with E-state index in [-0.39, 0.29) is 0 Å². The van der Waals surface area contributed by atoms with Crippen molar-refractivity contribution in [1.82, 2.24) is 0 Å². The zero-order valence-electron chi connectivity index (χ0n) is 8.09. The number of rotatable bonds is 3. The van der Waals surface area contributed by atoms with E-state index in [1.807, 2.05) is 48.5 Å². The van der Waals surface area contributed by atoms with E-state index in [0.717, 1.165) is 11.1 Å². The van der Waals surface area contributed by atoms with Crippen LogP contribution in [0.4, 0.5) is 0 Å². The number of ether oxygens (including phenoxy) is 1. The summed E-state index contributed by atoms with van der Waals surface area (Å²) in [6.45, 7) is 0.435. The Balaban J connectivity index is 2.37. The van der Waals surface area contributed by atoms with Crippen molar-refractivity contribution < 1.29 is 9.53 Å². The van der Waals surface area contributed by atoms with E-state index >= 15 is 0 Å². The summed E-state index contributed by atoms with van der Waals surface area (Å²) in [5, 5.41) is 0. The molecule has 0 N–H and O–H groups in total. The van der Waals surface area contributed by atoms with Crippen molar-refractivity contribution in [2.24, 2.45) is 0 Å². The van der Waals surface area contributed by atoms with Gasteiger partial charge in [-0.25, -0.2) is 0 Å². The average molecular weight is 198 g/mol. The normalized spacial score (nSPS) is 9.60. The van der Waals surface area contributed by atoms with Crippen molar-refractivity contribution in [2.75, 3.05) is 0 Å². The largest absolute Gasteiger partial charge is 0.429 e. The van der Waals surface area contributed by atoms with Crippen LogP contribution in [0.1, 0.15) is 0 Å². The van der Waals surface area contributed by atoms with Gasteiger partial charge in [-0.3, -0.25) is 4.79 Å². The van der Waals surface area contributed by atoms with Gasteiger partial charge in [0.25, 0.3) is 6.47 Å². The van der Waals surface area contributed by atoms with E-state index < -0.39 is 0 Å². The standard InChI is InChI=1S/C13H10O2/c14-10-15-13-8-4-7-12(9-13)11-5-2-1-3-6-11/h1-10H. The van der Waals surface area contributed by atoms with Crippen molar-refractivity contribution in [1.29, 1.82) is 0 Å². The van der Waals surface area contributed by atoms with Gasteiger partial charge in [0.2, 0.25) is 0 Å². The van der Waals surface area contributed by atoms with Crippen molar-refractivity contribution >= 4 is 6.47 Å². The third-order valence-corrected chi connectivity index (χ3v) is 2.13. The molecule has 0 saturated heterocycles. The second-order valence-electron chi connectivity index (χ2n) is 3.11. The summed E-state index contributed by atoms with van der Waals surface area (Å²) in [5.41, 5.74) is 2.14. The van der Waals surface area contributed by atoms with Gasteiger partial charge in [-0.2, -0.15) is 0 Å². The molecule has 2 nitrogen and oxygen atoms in total. The molecule has 15 heavy (non-hydrogen) atoms. The predicted molar refractivity (Wildman–Crippen MR) is 58.6 cm³/mol. The highest BCUT2D eigenvalue weighted by Gasteiger charge is 1.98. The van der Waals surface area contributed by atoms with E-state index in [2.05, 4.69) is 0 Å². The van der Waals surface area contributed by atoms with Crippen LogP contribution in [0, 0.1) is 0 Å². The first-order valence-corrected chi connectivity index (χ1v) is 4.66. The topological polar surface area (TPSA) is 26.3 Å². The Labute approximate surface area is 88.1 Å². The summed E-state index contributed by atoms with van der Waals surface area (Å²) in [7, 11) is 0. The first-order valence-electron chi connectivity index (χ1n) is 4.66. The fourth-order valence-electron chi connectivity index (χ4n) is 1.44. The second-order valence-corrected chi connectivity index (χ2v) is 3.11. The molecular formula is C13H10O2. The van der Waals surface area contributed by atoms with E-state index in [9.17, 15) is 4.79 Å². The zero-order chi connectivity index (χ0) is 10.5. The molecule has 2 rings (SSSR count). The zero-order valence-corrected chi connectivity index (χ0v) is 8.09. The Morgan fingerprint density at radius 3 is 2.33 bits per heavy atom. The van der Waals surface area contributed by atoms with E-state index in [0.29, 0.717) is 12.2 Å². The molecule has 0 saturated carbocycles. The van der Waals surface area contributed by atoms with Gasteiger partial charge in [0.15, 0.2) is 0 Å². The second kappa shape index (κ2) is 4.42. The third-order valence-electron chi connectivity index (χ3n) is 2.13. The molecule has 0 atom stereocenters. The molecule has 0 aliphatic rings. The van der Waals surface area contributed by atoms with Crippen LogP contribution in [0.2, 0.25) is 0 Å². The molecule has 2 heteroatoms. The summed E-state index contributed by atoms with van der Waals surface area (Å²) in [6, 6.07) is 17.4. The van der Waals surface area contributed by atoms with Crippen LogP contribution >= 0.6 is 0 Å². The smallest absolute Gasteiger partial charge is 0.298 e. The van der Waals surface area contributed by atoms with Crippen LogP contribution in [-0.2, 0) is 4.79 Å². The third kappa shape index (κ3) is 2.23. The minimum atomic E-state index is 0.435. The molecule has 74 valence electrons. The quantitative estimate of drug-likeness (QED) is 0.709. The molecular weight excluding hydrogens is 188 g/mol. The van der Waals surface area contributed by atoms with Gasteiger partial charge < -0.3 is 4.74 Å². The summed E-state index contributed by atoms with van der Waals surface area (Å²) in [4.78, 5) is 10.2. The number of hydrogen-bond donors (Lipinski definition) is 0. The van der Waals surface area contributed by atoms with Gasteiger partial charge in [0.05, 0.1) is 0 Å². The van der Waals surface area contributed by atoms with Crippen LogP contribution < -0.4 is 4.74 Å². The number of carbonyl (C=O) groups is 1. The molecule has 0 amide bonds. The minimum Gasteiger partial charge on any atom is -0.429 e. The maximum absolute atomic E-state index is 10.2. The Hall–Kier alpha value is -2.09. The highest BCUT2D eigenvalue weighted by atomic mass is 16.5. The molecule has 0 aliphatic carbocycles. The molecule has 2 aromatic rings. The molecule has 0 aromatic heterocycles. The van der Waals surface area contributed by atoms with Gasteiger partial charge in [0.1, 0.15) is 5.75 Å². The van der Waals surface area contributed by atoms with Crippen LogP contribution in [-0.4, -0.2) is 6.47 Å². The fourth-order valence-corrected chi connectivity index (χ4v) is 1.44. The van der Waals surface area contributed by atoms with Crippen molar-refractivity contribution in [3.8, 4) is 16.9 Å². The Kier molecular flexibility index (Phi) is 2.79. The lowest BCUT2D eigenvalue weighted by Crippen LogP contribution is -1.88. The molecule has 0 fully saturated rings. The van der Waals surface area contributed by atoms with Crippen molar-refractivity contribution in [2.45, 2.75) is 0 Å². The highest BCUT2D eigenvalue weighted by molar-refractivity contribution is 5.65. The maximum atomic E-state index is 10.2. The first-order chi connectivity index (χ1) is 7.40. The molecule has 0 heterocycles. The van der Waals surface area contributed by atoms with Gasteiger partial charge in [0, 0.05) is 0 Å². The molecule has 0 aliphatic heterocycles. The maximum Gasteiger partial charge on any atom is 0.298 e. The van der Waals surface area contributed by atoms with E-state index in [1.165, 1.54) is 0 Å². The summed E-state index contributed by atoms with van der Waals surface area (Å²) in [6.07, 6.45) is 0. The average Bonchev–Trinajstić information content (AvgIpc) is 2.31. The summed E-state index contributed by atoms with van der Waals surface area (Å²) in [5.74, 6) is 0.561. The lowest BCUT2D eigenvalue weighted by Gasteiger charge is -2.03. The van der Waals surface area contributed by atoms with Crippen LogP contribution in [0.3, 0.4) is 0 Å². The van der Waals surface area contributed by atoms with Crippen molar-refractivity contribution in [3.63, 3.8) is 0 Å². The van der Waals surface area contributed by atoms with Crippen LogP contribution in [0.5, 0.6) is 5.75 Å². The Morgan fingerprint density at radius 1 is 0.867 bits per heavy atom. The molecule has 2 aromatic carbocycles. The molecule has 0 radical (unpaired) electrons. The lowest BCUT2D eigenvalue weighted by molar-refractivity contribution is -0.120. The predicted octanol–water partition coefficient (Wildman–Crippen LogP) is 2.89. The summed E-state index contributed by atoms with van der Waals surface area (Å²) >= 11 is 0. The van der Waals surface area contributed by atoms with Crippen LogP contribution in [0.25, 0.3) is 11.1 Å². The monoisotopic (exact) mass is 198 g/mol. The van der Waals surface area contributed by atoms with Crippen molar-refractivity contribution in [3.05, 3.63) is 54.6 Å². The van der Waals surface area contributed by atoms with Gasteiger partial charge in [-0.05, 0) is 23.3 Å². The van der Waals surface area contributed by atoms with E-state index in [4.69, 9.17) is 4.74 Å². The number of hydrogen-bond acceptors (Lipinski definition) is 2. The molecule has 0 spiro atoms. The fraction of sp³-hybridized carbons (Fsp3) is 0. The number of carbonyl (C=O) groups excluding carboxylic acids is 1. The molecule has 0 unspecified atom stereocenters. The van der Waals surface area contributed by atoms with Gasteiger partial charge >= 0.3 is 0 Å². The highest BCUT2D eigenvalue weighted by Crippen LogP contribution is 2.23. The summed E-state index contributed by atoms with van der Waals surface area (Å²) < 4.78 is 4.79. The lowest BCUT2D eigenvalue weighted by atomic mass is 10.1. The molecule has 0 bridgehead atoms. The Morgan fingerprint density at radius 2 is 1.60 bits per heavy atom. The van der Waals surface area contributed by atoms with Crippen LogP contribution in [0.15, 0.2) is 54.6 Å². The SMILES string of the molecule is O=COc1cccc(-c2ccccc2)c1. The Bertz CT molecular complexity index is 449. The van der Waals surface area contributed by atoms with E-state index in [1.54, 1.807) is 6.07 Å². The minimum absolute atomic E-state index is 0.435. The van der Waals surface area contributed by atoms with Gasteiger partial charge in [-0.15, -0.1) is 0 Å². The first kappa shape index (κ1) is 9.46.